The molecular weight excluding hydrogens is 429 g/mol. The van der Waals surface area contributed by atoms with Gasteiger partial charge in [0.15, 0.2) is 6.29 Å². The van der Waals surface area contributed by atoms with Crippen molar-refractivity contribution < 1.29 is 19.1 Å². The highest BCUT2D eigenvalue weighted by molar-refractivity contribution is 7.16. The molecule has 0 saturated heterocycles. The van der Waals surface area contributed by atoms with E-state index in [1.165, 1.54) is 36.9 Å². The average molecular weight is 446 g/mol. The van der Waals surface area contributed by atoms with Crippen LogP contribution in [-0.4, -0.2) is 43.8 Å². The van der Waals surface area contributed by atoms with Gasteiger partial charge in [-0.25, -0.2) is 0 Å². The second-order valence-electron chi connectivity index (χ2n) is 5.91. The summed E-state index contributed by atoms with van der Waals surface area (Å²) >= 11 is 15.0. The summed E-state index contributed by atoms with van der Waals surface area (Å²) in [7, 11) is 2.92. The molecule has 1 aliphatic heterocycles. The minimum absolute atomic E-state index is 0.00843. The Balaban J connectivity index is 2.18. The molecule has 144 valence electrons. The van der Waals surface area contributed by atoms with E-state index in [9.17, 15) is 9.59 Å². The summed E-state index contributed by atoms with van der Waals surface area (Å²) < 4.78 is 11.5. The molecule has 0 N–H and O–H groups in total. The molecule has 3 rings (SSSR count). The molecule has 2 aromatic heterocycles. The number of rotatable bonds is 6. The van der Waals surface area contributed by atoms with Crippen molar-refractivity contribution in [1.82, 2.24) is 4.90 Å². The zero-order chi connectivity index (χ0) is 19.9. The highest BCUT2D eigenvalue weighted by Crippen LogP contribution is 2.43. The minimum atomic E-state index is -0.710. The molecule has 0 saturated carbocycles. The number of nitrogens with zero attached hydrogens (tertiary/aromatic N) is 1. The van der Waals surface area contributed by atoms with Gasteiger partial charge in [0.1, 0.15) is 0 Å². The third-order valence-corrected chi connectivity index (χ3v) is 6.70. The average Bonchev–Trinajstić information content (AvgIpc) is 3.19. The number of ether oxygens (including phenoxy) is 2. The lowest BCUT2D eigenvalue weighted by Gasteiger charge is -2.20. The molecule has 9 heteroatoms. The molecule has 1 aliphatic rings. The highest BCUT2D eigenvalue weighted by Gasteiger charge is 2.42. The van der Waals surface area contributed by atoms with Crippen LogP contribution in [0.2, 0.25) is 8.67 Å². The Morgan fingerprint density at radius 1 is 0.926 bits per heavy atom. The predicted octanol–water partition coefficient (Wildman–Crippen LogP) is 4.63. The molecule has 2 amide bonds. The summed E-state index contributed by atoms with van der Waals surface area (Å²) in [5.74, 6) is -0.790. The third-order valence-electron chi connectivity index (χ3n) is 4.34. The van der Waals surface area contributed by atoms with E-state index < -0.39 is 18.1 Å². The van der Waals surface area contributed by atoms with Crippen molar-refractivity contribution in [1.29, 1.82) is 0 Å². The molecule has 0 spiro atoms. The van der Waals surface area contributed by atoms with E-state index in [0.29, 0.717) is 30.9 Å². The second-order valence-corrected chi connectivity index (χ2v) is 9.69. The van der Waals surface area contributed by atoms with E-state index in [0.717, 1.165) is 14.7 Å². The van der Waals surface area contributed by atoms with Crippen LogP contribution in [0, 0.1) is 13.8 Å². The zero-order valence-electron chi connectivity index (χ0n) is 15.1. The molecule has 0 atom stereocenters. The van der Waals surface area contributed by atoms with Gasteiger partial charge in [0, 0.05) is 35.1 Å². The number of hydrogen-bond donors (Lipinski definition) is 0. The summed E-state index contributed by atoms with van der Waals surface area (Å²) in [6, 6.07) is 3.44. The predicted molar refractivity (Wildman–Crippen MR) is 109 cm³/mol. The van der Waals surface area contributed by atoms with E-state index in [2.05, 4.69) is 0 Å². The SMILES string of the molecule is COC(CN1C(=O)C(c2cc(Cl)sc2C)=C(c2cc(Cl)sc2C)C1=O)OC. The highest BCUT2D eigenvalue weighted by atomic mass is 35.5. The van der Waals surface area contributed by atoms with Crippen LogP contribution in [0.3, 0.4) is 0 Å². The van der Waals surface area contributed by atoms with Crippen molar-refractivity contribution in [2.45, 2.75) is 20.1 Å². The summed E-state index contributed by atoms with van der Waals surface area (Å²) in [4.78, 5) is 29.3. The number of halogens is 2. The fourth-order valence-electron chi connectivity index (χ4n) is 3.02. The van der Waals surface area contributed by atoms with Gasteiger partial charge in [-0.1, -0.05) is 23.2 Å². The maximum Gasteiger partial charge on any atom is 0.262 e. The molecule has 0 radical (unpaired) electrons. The van der Waals surface area contributed by atoms with Gasteiger partial charge in [0.2, 0.25) is 0 Å². The van der Waals surface area contributed by atoms with Gasteiger partial charge >= 0.3 is 0 Å². The number of aryl methyl sites for hydroxylation is 2. The summed E-state index contributed by atoms with van der Waals surface area (Å²) in [6.45, 7) is 3.74. The third kappa shape index (κ3) is 3.72. The molecule has 0 aliphatic carbocycles. The van der Waals surface area contributed by atoms with Gasteiger partial charge < -0.3 is 9.47 Å². The van der Waals surface area contributed by atoms with Gasteiger partial charge in [-0.2, -0.15) is 0 Å². The van der Waals surface area contributed by atoms with Crippen LogP contribution in [0.15, 0.2) is 12.1 Å². The van der Waals surface area contributed by atoms with Crippen molar-refractivity contribution in [2.24, 2.45) is 0 Å². The fourth-order valence-corrected chi connectivity index (χ4v) is 5.42. The van der Waals surface area contributed by atoms with E-state index in [1.807, 2.05) is 13.8 Å². The topological polar surface area (TPSA) is 55.8 Å². The quantitative estimate of drug-likeness (QED) is 0.480. The van der Waals surface area contributed by atoms with Crippen molar-refractivity contribution >= 4 is 68.8 Å². The Morgan fingerprint density at radius 2 is 1.33 bits per heavy atom. The Hall–Kier alpha value is -1.22. The standard InChI is InChI=1S/C18H17Cl2NO4S2/c1-8-10(5-12(19)26-8)15-16(11-6-13(20)27-9(11)2)18(23)21(17(15)22)7-14(24-3)25-4/h5-6,14H,7H2,1-4H3. The van der Waals surface area contributed by atoms with Crippen LogP contribution >= 0.6 is 45.9 Å². The number of carbonyl (C=O) groups is 2. The van der Waals surface area contributed by atoms with Crippen LogP contribution in [0.1, 0.15) is 20.9 Å². The van der Waals surface area contributed by atoms with E-state index in [1.54, 1.807) is 12.1 Å². The number of thiophene rings is 2. The maximum absolute atomic E-state index is 13.2. The maximum atomic E-state index is 13.2. The number of amides is 2. The van der Waals surface area contributed by atoms with Gasteiger partial charge in [0.25, 0.3) is 11.8 Å². The van der Waals surface area contributed by atoms with Gasteiger partial charge in [-0.15, -0.1) is 22.7 Å². The Labute approximate surface area is 175 Å². The van der Waals surface area contributed by atoms with Crippen LogP contribution in [-0.2, 0) is 19.1 Å². The first-order valence-corrected chi connectivity index (χ1v) is 10.4. The molecule has 0 aromatic carbocycles. The largest absolute Gasteiger partial charge is 0.354 e. The van der Waals surface area contributed by atoms with Gasteiger partial charge in [-0.05, 0) is 26.0 Å². The molecule has 3 heterocycles. The van der Waals surface area contributed by atoms with Crippen molar-refractivity contribution in [3.05, 3.63) is 41.7 Å². The number of imide groups is 1. The number of methoxy groups -OCH3 is 2. The Morgan fingerprint density at radius 3 is 1.63 bits per heavy atom. The normalized spacial score (nSPS) is 15.0. The van der Waals surface area contributed by atoms with Crippen LogP contribution in [0.5, 0.6) is 0 Å². The Kier molecular flexibility index (Phi) is 6.10. The lowest BCUT2D eigenvalue weighted by atomic mass is 9.97. The van der Waals surface area contributed by atoms with Crippen LogP contribution in [0.25, 0.3) is 11.1 Å². The molecule has 0 bridgehead atoms. The molecular formula is C18H17Cl2NO4S2. The lowest BCUT2D eigenvalue weighted by molar-refractivity contribution is -0.149. The van der Waals surface area contributed by atoms with Crippen LogP contribution in [0.4, 0.5) is 0 Å². The summed E-state index contributed by atoms with van der Waals surface area (Å²) in [5, 5.41) is 0. The monoisotopic (exact) mass is 445 g/mol. The minimum Gasteiger partial charge on any atom is -0.354 e. The lowest BCUT2D eigenvalue weighted by Crippen LogP contribution is -2.39. The summed E-state index contributed by atoms with van der Waals surface area (Å²) in [6.07, 6.45) is -0.710. The molecule has 0 unspecified atom stereocenters. The van der Waals surface area contributed by atoms with Crippen molar-refractivity contribution in [3.63, 3.8) is 0 Å². The smallest absolute Gasteiger partial charge is 0.262 e. The fraction of sp³-hybridized carbons (Fsp3) is 0.333. The Bertz CT molecular complexity index is 875. The van der Waals surface area contributed by atoms with Crippen LogP contribution < -0.4 is 0 Å². The zero-order valence-corrected chi connectivity index (χ0v) is 18.2. The number of hydrogen-bond acceptors (Lipinski definition) is 6. The second kappa shape index (κ2) is 8.03. The van der Waals surface area contributed by atoms with Crippen molar-refractivity contribution in [2.75, 3.05) is 20.8 Å². The summed E-state index contributed by atoms with van der Waals surface area (Å²) in [5.41, 5.74) is 2.00. The number of carbonyl (C=O) groups excluding carboxylic acids is 2. The van der Waals surface area contributed by atoms with E-state index >= 15 is 0 Å². The first-order valence-electron chi connectivity index (χ1n) is 7.97. The van der Waals surface area contributed by atoms with Gasteiger partial charge in [-0.3, -0.25) is 14.5 Å². The molecule has 2 aromatic rings. The first kappa shape index (κ1) is 20.5. The van der Waals surface area contributed by atoms with Crippen molar-refractivity contribution in [3.8, 4) is 0 Å². The molecule has 27 heavy (non-hydrogen) atoms. The first-order chi connectivity index (χ1) is 12.8. The van der Waals surface area contributed by atoms with Gasteiger partial charge in [0.05, 0.1) is 26.4 Å². The molecule has 0 fully saturated rings. The van der Waals surface area contributed by atoms with E-state index in [4.69, 9.17) is 32.7 Å². The van der Waals surface area contributed by atoms with E-state index in [-0.39, 0.29) is 6.54 Å². The molecule has 5 nitrogen and oxygen atoms in total.